The summed E-state index contributed by atoms with van der Waals surface area (Å²) in [7, 11) is 0. The predicted molar refractivity (Wildman–Crippen MR) is 46.6 cm³/mol. The molecule has 0 radical (unpaired) electrons. The first-order valence-electron chi connectivity index (χ1n) is 3.67. The highest BCUT2D eigenvalue weighted by atomic mass is 32.2. The van der Waals surface area contributed by atoms with E-state index in [1.165, 1.54) is 6.42 Å². The second-order valence-electron chi connectivity index (χ2n) is 2.24. The normalized spacial score (nSPS) is 17.9. The minimum atomic E-state index is 1.10. The Morgan fingerprint density at radius 1 is 1.80 bits per heavy atom. The number of rotatable bonds is 3. The smallest absolute Gasteiger partial charge is 0.0778 e. The number of hydrogen-bond acceptors (Lipinski definition) is 3. The molecule has 0 aliphatic carbocycles. The summed E-state index contributed by atoms with van der Waals surface area (Å²) in [6.45, 7) is 8.31. The van der Waals surface area contributed by atoms with Crippen molar-refractivity contribution in [2.24, 2.45) is 0 Å². The molecule has 0 aromatic heterocycles. The van der Waals surface area contributed by atoms with E-state index in [0.717, 1.165) is 23.9 Å². The van der Waals surface area contributed by atoms with Crippen LogP contribution < -0.4 is 5.43 Å². The van der Waals surface area contributed by atoms with Crippen LogP contribution in [0.4, 0.5) is 0 Å². The Hall–Kier alpha value is -0.150. The lowest BCUT2D eigenvalue weighted by atomic mass is 10.5. The average Bonchev–Trinajstić information content (AvgIpc) is 2.38. The van der Waals surface area contributed by atoms with Gasteiger partial charge in [0.15, 0.2) is 0 Å². The summed E-state index contributed by atoms with van der Waals surface area (Å²) >= 11 is 1.80. The molecule has 1 saturated heterocycles. The lowest BCUT2D eigenvalue weighted by Gasteiger charge is -2.18. The van der Waals surface area contributed by atoms with Crippen LogP contribution in [0.15, 0.2) is 11.6 Å². The van der Waals surface area contributed by atoms with Crippen LogP contribution in [0.25, 0.3) is 0 Å². The van der Waals surface area contributed by atoms with Crippen molar-refractivity contribution in [1.29, 1.82) is 0 Å². The molecule has 1 heterocycles. The molecule has 1 aliphatic rings. The van der Waals surface area contributed by atoms with E-state index in [1.54, 1.807) is 11.8 Å². The largest absolute Gasteiger partial charge is 0.303 e. The molecule has 0 unspecified atom stereocenters. The van der Waals surface area contributed by atoms with E-state index in [2.05, 4.69) is 23.9 Å². The SMILES string of the molecule is C=C(SCC)N1CCCN1. The van der Waals surface area contributed by atoms with Crippen LogP contribution in [0.3, 0.4) is 0 Å². The third kappa shape index (κ3) is 1.92. The Labute approximate surface area is 66.6 Å². The van der Waals surface area contributed by atoms with E-state index in [0.29, 0.717) is 0 Å². The molecule has 3 heteroatoms. The first kappa shape index (κ1) is 7.95. The van der Waals surface area contributed by atoms with E-state index in [9.17, 15) is 0 Å². The Morgan fingerprint density at radius 3 is 3.10 bits per heavy atom. The van der Waals surface area contributed by atoms with Gasteiger partial charge in [0.25, 0.3) is 0 Å². The van der Waals surface area contributed by atoms with Crippen LogP contribution >= 0.6 is 11.8 Å². The molecule has 0 aromatic rings. The Bertz CT molecular complexity index is 119. The standard InChI is InChI=1S/C7H14N2S/c1-3-10-7(2)9-6-4-5-8-9/h8H,2-6H2,1H3. The second kappa shape index (κ2) is 3.88. The second-order valence-corrected chi connectivity index (χ2v) is 3.58. The molecule has 1 aliphatic heterocycles. The van der Waals surface area contributed by atoms with Gasteiger partial charge in [-0.05, 0) is 12.2 Å². The zero-order valence-electron chi connectivity index (χ0n) is 6.39. The van der Waals surface area contributed by atoms with Crippen LogP contribution in [-0.4, -0.2) is 23.9 Å². The van der Waals surface area contributed by atoms with Gasteiger partial charge < -0.3 is 5.01 Å². The van der Waals surface area contributed by atoms with Crippen molar-refractivity contribution in [3.05, 3.63) is 11.6 Å². The maximum atomic E-state index is 3.95. The molecular formula is C7H14N2S. The quantitative estimate of drug-likeness (QED) is 0.668. The van der Waals surface area contributed by atoms with Gasteiger partial charge in [-0.3, -0.25) is 0 Å². The number of thioether (sulfide) groups is 1. The molecule has 0 atom stereocenters. The van der Waals surface area contributed by atoms with Gasteiger partial charge in [-0.15, -0.1) is 11.8 Å². The Morgan fingerprint density at radius 2 is 2.60 bits per heavy atom. The highest BCUT2D eigenvalue weighted by Gasteiger charge is 2.11. The minimum Gasteiger partial charge on any atom is -0.303 e. The Balaban J connectivity index is 2.25. The van der Waals surface area contributed by atoms with Crippen molar-refractivity contribution in [2.75, 3.05) is 18.8 Å². The number of nitrogens with one attached hydrogen (secondary N) is 1. The molecule has 0 aromatic carbocycles. The highest BCUT2D eigenvalue weighted by molar-refractivity contribution is 8.02. The fourth-order valence-corrected chi connectivity index (χ4v) is 1.63. The number of hydrogen-bond donors (Lipinski definition) is 1. The topological polar surface area (TPSA) is 15.3 Å². The summed E-state index contributed by atoms with van der Waals surface area (Å²) in [5.74, 6) is 1.11. The highest BCUT2D eigenvalue weighted by Crippen LogP contribution is 2.17. The van der Waals surface area contributed by atoms with E-state index in [1.807, 2.05) is 0 Å². The monoisotopic (exact) mass is 158 g/mol. The average molecular weight is 158 g/mol. The molecule has 2 nitrogen and oxygen atoms in total. The predicted octanol–water partition coefficient (Wildman–Crippen LogP) is 1.42. The summed E-state index contributed by atoms with van der Waals surface area (Å²) in [5.41, 5.74) is 3.25. The molecule has 1 rings (SSSR count). The molecule has 0 bridgehead atoms. The van der Waals surface area contributed by atoms with E-state index >= 15 is 0 Å². The van der Waals surface area contributed by atoms with Crippen LogP contribution in [0, 0.1) is 0 Å². The zero-order valence-corrected chi connectivity index (χ0v) is 7.21. The van der Waals surface area contributed by atoms with E-state index in [-0.39, 0.29) is 0 Å². The van der Waals surface area contributed by atoms with Gasteiger partial charge in [-0.2, -0.15) is 0 Å². The van der Waals surface area contributed by atoms with E-state index < -0.39 is 0 Å². The summed E-state index contributed by atoms with van der Waals surface area (Å²) < 4.78 is 0. The van der Waals surface area contributed by atoms with Crippen LogP contribution in [0.5, 0.6) is 0 Å². The summed E-state index contributed by atoms with van der Waals surface area (Å²) in [4.78, 5) is 0. The van der Waals surface area contributed by atoms with Crippen LogP contribution in [0.2, 0.25) is 0 Å². The van der Waals surface area contributed by atoms with Crippen LogP contribution in [0.1, 0.15) is 13.3 Å². The fraction of sp³-hybridized carbons (Fsp3) is 0.714. The van der Waals surface area contributed by atoms with Crippen molar-refractivity contribution in [3.63, 3.8) is 0 Å². The third-order valence-electron chi connectivity index (χ3n) is 1.47. The van der Waals surface area contributed by atoms with Gasteiger partial charge >= 0.3 is 0 Å². The number of hydrazine groups is 1. The van der Waals surface area contributed by atoms with E-state index in [4.69, 9.17) is 0 Å². The number of nitrogens with zero attached hydrogens (tertiary/aromatic N) is 1. The van der Waals surface area contributed by atoms with Crippen molar-refractivity contribution in [2.45, 2.75) is 13.3 Å². The maximum Gasteiger partial charge on any atom is 0.0778 e. The van der Waals surface area contributed by atoms with Gasteiger partial charge in [0, 0.05) is 13.1 Å². The third-order valence-corrected chi connectivity index (χ3v) is 2.32. The van der Waals surface area contributed by atoms with Gasteiger partial charge in [0.05, 0.1) is 5.03 Å². The van der Waals surface area contributed by atoms with Gasteiger partial charge in [-0.25, -0.2) is 5.43 Å². The lowest BCUT2D eigenvalue weighted by Crippen LogP contribution is -2.28. The van der Waals surface area contributed by atoms with Gasteiger partial charge in [0.1, 0.15) is 0 Å². The lowest BCUT2D eigenvalue weighted by molar-refractivity contribution is 0.351. The Kier molecular flexibility index (Phi) is 3.09. The molecule has 10 heavy (non-hydrogen) atoms. The van der Waals surface area contributed by atoms with Gasteiger partial charge in [0.2, 0.25) is 0 Å². The van der Waals surface area contributed by atoms with Crippen LogP contribution in [-0.2, 0) is 0 Å². The maximum absolute atomic E-state index is 3.95. The van der Waals surface area contributed by atoms with Gasteiger partial charge in [-0.1, -0.05) is 13.5 Å². The molecule has 0 saturated carbocycles. The van der Waals surface area contributed by atoms with Crippen molar-refractivity contribution in [3.8, 4) is 0 Å². The summed E-state index contributed by atoms with van der Waals surface area (Å²) in [5, 5.41) is 3.29. The van der Waals surface area contributed by atoms with Crippen molar-refractivity contribution < 1.29 is 0 Å². The van der Waals surface area contributed by atoms with Crippen molar-refractivity contribution >= 4 is 11.8 Å². The zero-order chi connectivity index (χ0) is 7.40. The summed E-state index contributed by atoms with van der Waals surface area (Å²) in [6, 6.07) is 0. The first-order valence-corrected chi connectivity index (χ1v) is 4.66. The van der Waals surface area contributed by atoms with Crippen molar-refractivity contribution in [1.82, 2.24) is 10.4 Å². The first-order chi connectivity index (χ1) is 4.84. The minimum absolute atomic E-state index is 1.10. The summed E-state index contributed by atoms with van der Waals surface area (Å²) in [6.07, 6.45) is 1.24. The molecule has 1 N–H and O–H groups in total. The molecule has 1 fully saturated rings. The molecule has 0 spiro atoms. The molecule has 58 valence electrons. The molecule has 0 amide bonds. The fourth-order valence-electron chi connectivity index (χ4n) is 0.988. The molecular weight excluding hydrogens is 144 g/mol.